The second-order valence-electron chi connectivity index (χ2n) is 4.67. The van der Waals surface area contributed by atoms with Gasteiger partial charge in [-0.2, -0.15) is 0 Å². The molecule has 1 N–H and O–H groups in total. The average molecular weight is 237 g/mol. The highest BCUT2D eigenvalue weighted by Crippen LogP contribution is 2.30. The number of nitrogens with one attached hydrogen (secondary N) is 1. The molecule has 4 nitrogen and oxygen atoms in total. The van der Waals surface area contributed by atoms with Gasteiger partial charge >= 0.3 is 0 Å². The number of carbonyl (C=O) groups is 1. The van der Waals surface area contributed by atoms with Crippen molar-refractivity contribution >= 4 is 5.91 Å². The summed E-state index contributed by atoms with van der Waals surface area (Å²) in [5, 5.41) is 2.99. The fourth-order valence-electron chi connectivity index (χ4n) is 2.11. The highest BCUT2D eigenvalue weighted by molar-refractivity contribution is 5.77. The summed E-state index contributed by atoms with van der Waals surface area (Å²) in [7, 11) is 0. The van der Waals surface area contributed by atoms with Crippen LogP contribution in [0.3, 0.4) is 0 Å². The summed E-state index contributed by atoms with van der Waals surface area (Å²) in [4.78, 5) is 11.7. The summed E-state index contributed by atoms with van der Waals surface area (Å²) in [6.45, 7) is 3.96. The summed E-state index contributed by atoms with van der Waals surface area (Å²) in [5.74, 6) is 0.948. The fraction of sp³-hybridized carbons (Fsp3) is 0.615. The molecule has 17 heavy (non-hydrogen) atoms. The second-order valence-corrected chi connectivity index (χ2v) is 4.67. The third-order valence-corrected chi connectivity index (χ3v) is 2.93. The van der Waals surface area contributed by atoms with E-state index in [1.54, 1.807) is 6.26 Å². The van der Waals surface area contributed by atoms with Crippen LogP contribution in [0.25, 0.3) is 0 Å². The molecule has 4 heteroatoms. The third kappa shape index (κ3) is 3.09. The van der Waals surface area contributed by atoms with Gasteiger partial charge in [0.25, 0.3) is 0 Å². The number of hydrogen-bond acceptors (Lipinski definition) is 3. The molecule has 1 unspecified atom stereocenters. The van der Waals surface area contributed by atoms with E-state index in [4.69, 9.17) is 9.15 Å². The Morgan fingerprint density at radius 3 is 3.24 bits per heavy atom. The molecule has 0 aromatic carbocycles. The van der Waals surface area contributed by atoms with E-state index in [-0.39, 0.29) is 24.7 Å². The first-order chi connectivity index (χ1) is 8.16. The molecule has 1 amide bonds. The minimum Gasteiger partial charge on any atom is -0.469 e. The molecule has 94 valence electrons. The van der Waals surface area contributed by atoms with E-state index in [0.717, 1.165) is 30.6 Å². The lowest BCUT2D eigenvalue weighted by Gasteiger charge is -2.22. The van der Waals surface area contributed by atoms with Crippen LogP contribution in [0.15, 0.2) is 16.7 Å². The molecular formula is C13H19NO3. The van der Waals surface area contributed by atoms with Crippen molar-refractivity contribution in [2.75, 3.05) is 6.61 Å². The van der Waals surface area contributed by atoms with Crippen molar-refractivity contribution in [2.24, 2.45) is 0 Å². The summed E-state index contributed by atoms with van der Waals surface area (Å²) >= 11 is 0. The van der Waals surface area contributed by atoms with Crippen LogP contribution in [0, 0.1) is 0 Å². The Morgan fingerprint density at radius 2 is 2.47 bits per heavy atom. The van der Waals surface area contributed by atoms with E-state index in [9.17, 15) is 4.79 Å². The Balaban J connectivity index is 1.90. The van der Waals surface area contributed by atoms with Crippen molar-refractivity contribution in [2.45, 2.75) is 45.3 Å². The molecule has 1 aliphatic carbocycles. The molecule has 1 aromatic rings. The van der Waals surface area contributed by atoms with E-state index in [1.165, 1.54) is 0 Å². The Hall–Kier alpha value is -1.29. The van der Waals surface area contributed by atoms with Crippen LogP contribution in [0.5, 0.6) is 0 Å². The molecule has 0 bridgehead atoms. The Bertz CT molecular complexity index is 384. The van der Waals surface area contributed by atoms with Crippen molar-refractivity contribution in [1.29, 1.82) is 0 Å². The lowest BCUT2D eigenvalue weighted by atomic mass is 9.93. The zero-order valence-electron chi connectivity index (χ0n) is 10.4. The summed E-state index contributed by atoms with van der Waals surface area (Å²) < 4.78 is 10.7. The zero-order valence-corrected chi connectivity index (χ0v) is 10.4. The van der Waals surface area contributed by atoms with Crippen molar-refractivity contribution in [3.63, 3.8) is 0 Å². The van der Waals surface area contributed by atoms with Gasteiger partial charge in [-0.05, 0) is 32.8 Å². The van der Waals surface area contributed by atoms with Crippen molar-refractivity contribution in [3.05, 3.63) is 23.7 Å². The monoisotopic (exact) mass is 237 g/mol. The summed E-state index contributed by atoms with van der Waals surface area (Å²) in [5.41, 5.74) is 1.12. The van der Waals surface area contributed by atoms with Gasteiger partial charge in [-0.3, -0.25) is 4.79 Å². The maximum Gasteiger partial charge on any atom is 0.246 e. The largest absolute Gasteiger partial charge is 0.469 e. The van der Waals surface area contributed by atoms with E-state index < -0.39 is 0 Å². The number of ether oxygens (including phenoxy) is 1. The Morgan fingerprint density at radius 1 is 1.65 bits per heavy atom. The van der Waals surface area contributed by atoms with Gasteiger partial charge < -0.3 is 14.5 Å². The molecule has 0 aliphatic heterocycles. The predicted molar refractivity (Wildman–Crippen MR) is 63.6 cm³/mol. The first-order valence-electron chi connectivity index (χ1n) is 6.14. The maximum atomic E-state index is 11.7. The van der Waals surface area contributed by atoms with E-state index in [2.05, 4.69) is 5.32 Å². The normalized spacial score (nSPS) is 19.1. The topological polar surface area (TPSA) is 51.5 Å². The Kier molecular flexibility index (Phi) is 3.84. The molecule has 0 spiro atoms. The van der Waals surface area contributed by atoms with Crippen molar-refractivity contribution in [1.82, 2.24) is 5.32 Å². The van der Waals surface area contributed by atoms with Gasteiger partial charge in [0.15, 0.2) is 0 Å². The molecule has 1 aromatic heterocycles. The van der Waals surface area contributed by atoms with Gasteiger partial charge in [0.2, 0.25) is 5.91 Å². The number of aryl methyl sites for hydroxylation is 1. The van der Waals surface area contributed by atoms with Crippen LogP contribution in [0.4, 0.5) is 0 Å². The summed E-state index contributed by atoms with van der Waals surface area (Å²) in [6, 6.07) is 2.03. The minimum atomic E-state index is -0.0576. The number of hydrogen-bond donors (Lipinski definition) is 1. The lowest BCUT2D eigenvalue weighted by molar-refractivity contribution is -0.128. The average Bonchev–Trinajstić information content (AvgIpc) is 2.75. The summed E-state index contributed by atoms with van der Waals surface area (Å²) in [6.07, 6.45) is 4.77. The van der Waals surface area contributed by atoms with Gasteiger partial charge in [0.05, 0.1) is 18.4 Å². The first kappa shape index (κ1) is 12.2. The predicted octanol–water partition coefficient (Wildman–Crippen LogP) is 2.20. The molecule has 2 rings (SSSR count). The first-order valence-corrected chi connectivity index (χ1v) is 6.14. The van der Waals surface area contributed by atoms with Gasteiger partial charge in [0, 0.05) is 12.0 Å². The number of furan rings is 1. The molecule has 0 saturated heterocycles. The quantitative estimate of drug-likeness (QED) is 0.873. The number of fused-ring (bicyclic) bond motifs is 1. The van der Waals surface area contributed by atoms with Crippen LogP contribution in [-0.4, -0.2) is 18.6 Å². The number of rotatable bonds is 4. The van der Waals surface area contributed by atoms with Gasteiger partial charge in [-0.25, -0.2) is 0 Å². The molecule has 1 heterocycles. The number of amides is 1. The van der Waals surface area contributed by atoms with Crippen LogP contribution >= 0.6 is 0 Å². The number of carbonyl (C=O) groups excluding carboxylic acids is 1. The van der Waals surface area contributed by atoms with Gasteiger partial charge in [-0.15, -0.1) is 0 Å². The van der Waals surface area contributed by atoms with Crippen LogP contribution < -0.4 is 5.32 Å². The zero-order chi connectivity index (χ0) is 12.3. The maximum absolute atomic E-state index is 11.7. The Labute approximate surface area is 101 Å². The van der Waals surface area contributed by atoms with Crippen molar-refractivity contribution in [3.8, 4) is 0 Å². The highest BCUT2D eigenvalue weighted by Gasteiger charge is 2.23. The minimum absolute atomic E-state index is 0.0576. The smallest absolute Gasteiger partial charge is 0.246 e. The van der Waals surface area contributed by atoms with E-state index >= 15 is 0 Å². The molecule has 1 atom stereocenters. The molecule has 1 aliphatic rings. The fourth-order valence-corrected chi connectivity index (χ4v) is 2.11. The van der Waals surface area contributed by atoms with Crippen LogP contribution in [-0.2, 0) is 16.0 Å². The molecule has 0 radical (unpaired) electrons. The molecule has 0 fully saturated rings. The standard InChI is InChI=1S/C13H19NO3/c1-9(2)17-8-13(15)14-11-4-3-5-12-10(11)6-7-16-12/h6-7,9,11H,3-5,8H2,1-2H3,(H,14,15). The lowest BCUT2D eigenvalue weighted by Crippen LogP contribution is -2.33. The van der Waals surface area contributed by atoms with Crippen LogP contribution in [0.1, 0.15) is 44.1 Å². The third-order valence-electron chi connectivity index (χ3n) is 2.93. The van der Waals surface area contributed by atoms with E-state index in [1.807, 2.05) is 19.9 Å². The molecule has 0 saturated carbocycles. The van der Waals surface area contributed by atoms with Gasteiger partial charge in [0.1, 0.15) is 12.4 Å². The molecular weight excluding hydrogens is 218 g/mol. The van der Waals surface area contributed by atoms with Gasteiger partial charge in [-0.1, -0.05) is 0 Å². The van der Waals surface area contributed by atoms with E-state index in [0.29, 0.717) is 0 Å². The van der Waals surface area contributed by atoms with Crippen molar-refractivity contribution < 1.29 is 13.9 Å². The second kappa shape index (κ2) is 5.36. The SMILES string of the molecule is CC(C)OCC(=O)NC1CCCc2occc21. The van der Waals surface area contributed by atoms with Crippen LogP contribution in [0.2, 0.25) is 0 Å². The highest BCUT2D eigenvalue weighted by atomic mass is 16.5.